The van der Waals surface area contributed by atoms with Gasteiger partial charge in [-0.15, -0.1) is 0 Å². The molecular formula is C9H8N2O3. The number of fused-ring (bicyclic) bond motifs is 1. The number of esters is 1. The predicted octanol–water partition coefficient (Wildman–Crippen LogP) is 1.20. The van der Waals surface area contributed by atoms with Crippen LogP contribution in [-0.4, -0.2) is 18.1 Å². The average molecular weight is 192 g/mol. The van der Waals surface area contributed by atoms with Crippen LogP contribution >= 0.6 is 0 Å². The molecule has 0 aliphatic rings. The maximum Gasteiger partial charge on any atom is 0.374 e. The zero-order valence-corrected chi connectivity index (χ0v) is 7.48. The Morgan fingerprint density at radius 3 is 3.07 bits per heavy atom. The van der Waals surface area contributed by atoms with Crippen LogP contribution in [0.4, 0.5) is 5.69 Å². The highest BCUT2D eigenvalue weighted by molar-refractivity contribution is 5.92. The number of carbonyl (C=O) groups excluding carboxylic acids is 1. The minimum absolute atomic E-state index is 0.126. The lowest BCUT2D eigenvalue weighted by Crippen LogP contribution is -1.97. The van der Waals surface area contributed by atoms with Gasteiger partial charge in [0.1, 0.15) is 0 Å². The van der Waals surface area contributed by atoms with Crippen LogP contribution in [0.25, 0.3) is 11.1 Å². The summed E-state index contributed by atoms with van der Waals surface area (Å²) < 4.78 is 9.64. The Morgan fingerprint density at radius 1 is 1.57 bits per heavy atom. The van der Waals surface area contributed by atoms with Crippen molar-refractivity contribution in [2.24, 2.45) is 0 Å². The van der Waals surface area contributed by atoms with Crippen molar-refractivity contribution in [2.75, 3.05) is 12.8 Å². The maximum absolute atomic E-state index is 11.1. The zero-order valence-electron chi connectivity index (χ0n) is 7.48. The van der Waals surface area contributed by atoms with Gasteiger partial charge in [-0.25, -0.2) is 9.78 Å². The highest BCUT2D eigenvalue weighted by Crippen LogP contribution is 2.19. The van der Waals surface area contributed by atoms with Crippen LogP contribution < -0.4 is 5.73 Å². The number of methoxy groups -OCH3 is 1. The van der Waals surface area contributed by atoms with Crippen LogP contribution in [0, 0.1) is 0 Å². The standard InChI is InChI=1S/C9H8N2O3/c1-13-9(12)7-3-5-2-6(10)4-11-8(5)14-7/h2-4H,10H2,1H3. The van der Waals surface area contributed by atoms with Crippen molar-refractivity contribution >= 4 is 22.8 Å². The molecule has 5 nitrogen and oxygen atoms in total. The van der Waals surface area contributed by atoms with E-state index < -0.39 is 5.97 Å². The van der Waals surface area contributed by atoms with E-state index >= 15 is 0 Å². The summed E-state index contributed by atoms with van der Waals surface area (Å²) in [5, 5.41) is 0.686. The number of hydrogen-bond donors (Lipinski definition) is 1. The lowest BCUT2D eigenvalue weighted by Gasteiger charge is -1.90. The van der Waals surface area contributed by atoms with Gasteiger partial charge in [0.05, 0.1) is 19.0 Å². The number of rotatable bonds is 1. The number of furan rings is 1. The molecule has 0 radical (unpaired) electrons. The molecule has 0 spiro atoms. The molecule has 2 heterocycles. The average Bonchev–Trinajstić information content (AvgIpc) is 2.59. The molecule has 2 aromatic rings. The number of ether oxygens (including phenoxy) is 1. The molecule has 2 N–H and O–H groups in total. The van der Waals surface area contributed by atoms with Crippen LogP contribution in [0.3, 0.4) is 0 Å². The summed E-state index contributed by atoms with van der Waals surface area (Å²) in [4.78, 5) is 15.0. The Morgan fingerprint density at radius 2 is 2.36 bits per heavy atom. The number of nitrogens with zero attached hydrogens (tertiary/aromatic N) is 1. The fourth-order valence-corrected chi connectivity index (χ4v) is 1.15. The van der Waals surface area contributed by atoms with E-state index in [0.29, 0.717) is 16.8 Å². The van der Waals surface area contributed by atoms with Crippen molar-refractivity contribution in [1.82, 2.24) is 4.98 Å². The monoisotopic (exact) mass is 192 g/mol. The van der Waals surface area contributed by atoms with Crippen molar-refractivity contribution in [3.63, 3.8) is 0 Å². The lowest BCUT2D eigenvalue weighted by atomic mass is 10.3. The van der Waals surface area contributed by atoms with Gasteiger partial charge in [0, 0.05) is 11.5 Å². The smallest absolute Gasteiger partial charge is 0.374 e. The molecule has 72 valence electrons. The van der Waals surface area contributed by atoms with Crippen LogP contribution in [0.2, 0.25) is 0 Å². The number of carbonyl (C=O) groups is 1. The molecule has 0 atom stereocenters. The number of aromatic nitrogens is 1. The Hall–Kier alpha value is -2.04. The molecule has 0 saturated carbocycles. The van der Waals surface area contributed by atoms with E-state index in [2.05, 4.69) is 9.72 Å². The summed E-state index contributed by atoms with van der Waals surface area (Å²) in [6.45, 7) is 0. The van der Waals surface area contributed by atoms with Crippen LogP contribution in [0.5, 0.6) is 0 Å². The minimum Gasteiger partial charge on any atom is -0.463 e. The second-order valence-electron chi connectivity index (χ2n) is 2.77. The molecule has 0 saturated heterocycles. The van der Waals surface area contributed by atoms with Crippen LogP contribution in [-0.2, 0) is 4.74 Å². The SMILES string of the molecule is COC(=O)c1cc2cc(N)cnc2o1. The molecule has 0 fully saturated rings. The van der Waals surface area contributed by atoms with E-state index in [4.69, 9.17) is 10.2 Å². The summed E-state index contributed by atoms with van der Waals surface area (Å²) >= 11 is 0. The third-order valence-corrected chi connectivity index (χ3v) is 1.78. The molecule has 0 amide bonds. The molecule has 0 unspecified atom stereocenters. The van der Waals surface area contributed by atoms with E-state index in [-0.39, 0.29) is 5.76 Å². The van der Waals surface area contributed by atoms with Crippen molar-refractivity contribution in [2.45, 2.75) is 0 Å². The van der Waals surface area contributed by atoms with Gasteiger partial charge >= 0.3 is 5.97 Å². The van der Waals surface area contributed by atoms with E-state index in [9.17, 15) is 4.79 Å². The van der Waals surface area contributed by atoms with Gasteiger partial charge in [-0.05, 0) is 6.07 Å². The predicted molar refractivity (Wildman–Crippen MR) is 49.8 cm³/mol. The summed E-state index contributed by atoms with van der Waals surface area (Å²) in [6.07, 6.45) is 1.47. The van der Waals surface area contributed by atoms with Gasteiger partial charge in [-0.2, -0.15) is 0 Å². The van der Waals surface area contributed by atoms with Gasteiger partial charge in [0.25, 0.3) is 0 Å². The fourth-order valence-electron chi connectivity index (χ4n) is 1.15. The topological polar surface area (TPSA) is 78.4 Å². The Labute approximate surface area is 79.5 Å². The van der Waals surface area contributed by atoms with Crippen molar-refractivity contribution in [1.29, 1.82) is 0 Å². The summed E-state index contributed by atoms with van der Waals surface area (Å²) in [7, 11) is 1.29. The quantitative estimate of drug-likeness (QED) is 0.686. The number of hydrogen-bond acceptors (Lipinski definition) is 5. The Bertz CT molecular complexity index is 490. The van der Waals surface area contributed by atoms with E-state index in [1.165, 1.54) is 13.3 Å². The van der Waals surface area contributed by atoms with Gasteiger partial charge in [0.15, 0.2) is 0 Å². The minimum atomic E-state index is -0.526. The van der Waals surface area contributed by atoms with Gasteiger partial charge in [0.2, 0.25) is 11.5 Å². The first-order chi connectivity index (χ1) is 6.70. The van der Waals surface area contributed by atoms with Crippen LogP contribution in [0.15, 0.2) is 22.7 Å². The maximum atomic E-state index is 11.1. The largest absolute Gasteiger partial charge is 0.463 e. The van der Waals surface area contributed by atoms with Crippen molar-refractivity contribution in [3.05, 3.63) is 24.1 Å². The second-order valence-corrected chi connectivity index (χ2v) is 2.77. The number of pyridine rings is 1. The van der Waals surface area contributed by atoms with E-state index in [1.807, 2.05) is 0 Å². The molecule has 0 bridgehead atoms. The number of nitrogens with two attached hydrogens (primary N) is 1. The first kappa shape index (κ1) is 8.55. The van der Waals surface area contributed by atoms with E-state index in [1.54, 1.807) is 12.1 Å². The first-order valence-electron chi connectivity index (χ1n) is 3.94. The Balaban J connectivity index is 2.56. The molecule has 0 aliphatic carbocycles. The Kier molecular flexibility index (Phi) is 1.85. The van der Waals surface area contributed by atoms with Crippen LogP contribution in [0.1, 0.15) is 10.6 Å². The fraction of sp³-hybridized carbons (Fsp3) is 0.111. The zero-order chi connectivity index (χ0) is 10.1. The summed E-state index contributed by atoms with van der Waals surface area (Å²) in [6, 6.07) is 3.22. The first-order valence-corrected chi connectivity index (χ1v) is 3.94. The van der Waals surface area contributed by atoms with E-state index in [0.717, 1.165) is 0 Å². The normalized spacial score (nSPS) is 10.4. The molecule has 2 aromatic heterocycles. The highest BCUT2D eigenvalue weighted by atomic mass is 16.5. The molecule has 14 heavy (non-hydrogen) atoms. The summed E-state index contributed by atoms with van der Waals surface area (Å²) in [5.41, 5.74) is 6.42. The van der Waals surface area contributed by atoms with Crippen molar-refractivity contribution < 1.29 is 13.9 Å². The molecule has 5 heteroatoms. The van der Waals surface area contributed by atoms with Crippen molar-refractivity contribution in [3.8, 4) is 0 Å². The number of nitrogen functional groups attached to an aromatic ring is 1. The molecular weight excluding hydrogens is 184 g/mol. The third-order valence-electron chi connectivity index (χ3n) is 1.78. The number of anilines is 1. The molecule has 0 aliphatic heterocycles. The highest BCUT2D eigenvalue weighted by Gasteiger charge is 2.12. The third kappa shape index (κ3) is 1.28. The van der Waals surface area contributed by atoms with Gasteiger partial charge in [-0.3, -0.25) is 0 Å². The summed E-state index contributed by atoms with van der Waals surface area (Å²) in [5.74, 6) is -0.401. The molecule has 0 aromatic carbocycles. The van der Waals surface area contributed by atoms with Gasteiger partial charge in [-0.1, -0.05) is 0 Å². The van der Waals surface area contributed by atoms with Gasteiger partial charge < -0.3 is 14.9 Å². The lowest BCUT2D eigenvalue weighted by molar-refractivity contribution is 0.0567. The molecule has 2 rings (SSSR count). The second kappa shape index (κ2) is 3.02.